The van der Waals surface area contributed by atoms with Crippen molar-refractivity contribution in [2.75, 3.05) is 13.1 Å². The second kappa shape index (κ2) is 4.62. The minimum Gasteiger partial charge on any atom is -0.364 e. The molecule has 0 spiro atoms. The molecule has 78 valence electrons. The van der Waals surface area contributed by atoms with Crippen LogP contribution in [-0.4, -0.2) is 24.1 Å². The third-order valence-electron chi connectivity index (χ3n) is 2.92. The molecule has 0 radical (unpaired) electrons. The molecule has 3 heteroatoms. The van der Waals surface area contributed by atoms with E-state index in [4.69, 9.17) is 0 Å². The van der Waals surface area contributed by atoms with Crippen molar-refractivity contribution in [2.45, 2.75) is 31.8 Å². The third-order valence-corrected chi connectivity index (χ3v) is 2.92. The topological polar surface area (TPSA) is 39.8 Å². The standard InChI is InChI=1S/C11H19N3/c1-9(11-5-3-7-13-11)14-8-10-4-2-6-12-10/h3,5,7,9-10,12-14H,2,4,6,8H2,1H3. The van der Waals surface area contributed by atoms with Crippen LogP contribution < -0.4 is 10.6 Å². The van der Waals surface area contributed by atoms with Crippen LogP contribution in [0.3, 0.4) is 0 Å². The normalized spacial score (nSPS) is 23.9. The number of nitrogens with one attached hydrogen (secondary N) is 3. The molecule has 2 heterocycles. The van der Waals surface area contributed by atoms with Gasteiger partial charge in [0.05, 0.1) is 0 Å². The summed E-state index contributed by atoms with van der Waals surface area (Å²) in [6.45, 7) is 4.45. The van der Waals surface area contributed by atoms with Gasteiger partial charge in [0, 0.05) is 30.5 Å². The van der Waals surface area contributed by atoms with Crippen LogP contribution in [-0.2, 0) is 0 Å². The first-order valence-electron chi connectivity index (χ1n) is 5.46. The minimum atomic E-state index is 0.424. The van der Waals surface area contributed by atoms with E-state index in [1.54, 1.807) is 0 Å². The Labute approximate surface area is 85.3 Å². The Morgan fingerprint density at radius 1 is 1.64 bits per heavy atom. The Kier molecular flexibility index (Phi) is 3.22. The summed E-state index contributed by atoms with van der Waals surface area (Å²) in [6.07, 6.45) is 4.61. The van der Waals surface area contributed by atoms with Gasteiger partial charge in [-0.15, -0.1) is 0 Å². The number of aromatic amines is 1. The van der Waals surface area contributed by atoms with Gasteiger partial charge in [0.15, 0.2) is 0 Å². The number of hydrogen-bond acceptors (Lipinski definition) is 2. The first kappa shape index (κ1) is 9.74. The molecule has 1 aliphatic heterocycles. The lowest BCUT2D eigenvalue weighted by Crippen LogP contribution is -2.35. The molecular weight excluding hydrogens is 174 g/mol. The Morgan fingerprint density at radius 3 is 3.21 bits per heavy atom. The van der Waals surface area contributed by atoms with Gasteiger partial charge in [-0.3, -0.25) is 0 Å². The molecule has 0 saturated carbocycles. The predicted octanol–water partition coefficient (Wildman–Crippen LogP) is 1.42. The van der Waals surface area contributed by atoms with E-state index in [-0.39, 0.29) is 0 Å². The van der Waals surface area contributed by atoms with E-state index in [0.717, 1.165) is 6.54 Å². The zero-order valence-corrected chi connectivity index (χ0v) is 8.72. The molecule has 1 aromatic heterocycles. The van der Waals surface area contributed by atoms with E-state index < -0.39 is 0 Å². The maximum atomic E-state index is 3.53. The van der Waals surface area contributed by atoms with E-state index in [0.29, 0.717) is 12.1 Å². The van der Waals surface area contributed by atoms with Crippen molar-refractivity contribution in [3.8, 4) is 0 Å². The summed E-state index contributed by atoms with van der Waals surface area (Å²) in [5.74, 6) is 0. The van der Waals surface area contributed by atoms with Crippen molar-refractivity contribution < 1.29 is 0 Å². The monoisotopic (exact) mass is 193 g/mol. The Hall–Kier alpha value is -0.800. The number of hydrogen-bond donors (Lipinski definition) is 3. The van der Waals surface area contributed by atoms with Crippen molar-refractivity contribution in [2.24, 2.45) is 0 Å². The van der Waals surface area contributed by atoms with Crippen LogP contribution >= 0.6 is 0 Å². The molecule has 0 aromatic carbocycles. The molecule has 1 fully saturated rings. The molecule has 1 saturated heterocycles. The summed E-state index contributed by atoms with van der Waals surface area (Å²) < 4.78 is 0. The van der Waals surface area contributed by atoms with Crippen LogP contribution in [0.2, 0.25) is 0 Å². The first-order valence-corrected chi connectivity index (χ1v) is 5.46. The summed E-state index contributed by atoms with van der Waals surface area (Å²) >= 11 is 0. The number of H-pyrrole nitrogens is 1. The van der Waals surface area contributed by atoms with E-state index in [9.17, 15) is 0 Å². The van der Waals surface area contributed by atoms with Crippen molar-refractivity contribution in [3.05, 3.63) is 24.0 Å². The van der Waals surface area contributed by atoms with Crippen molar-refractivity contribution in [1.82, 2.24) is 15.6 Å². The molecule has 1 aliphatic rings. The highest BCUT2D eigenvalue weighted by atomic mass is 15.0. The van der Waals surface area contributed by atoms with E-state index in [2.05, 4.69) is 28.6 Å². The summed E-state index contributed by atoms with van der Waals surface area (Å²) in [6, 6.07) is 5.26. The average Bonchev–Trinajstić information content (AvgIpc) is 2.87. The van der Waals surface area contributed by atoms with Gasteiger partial charge in [0.2, 0.25) is 0 Å². The Bertz CT molecular complexity index is 250. The first-order chi connectivity index (χ1) is 6.86. The summed E-state index contributed by atoms with van der Waals surface area (Å²) in [7, 11) is 0. The molecule has 0 bridgehead atoms. The zero-order chi connectivity index (χ0) is 9.80. The van der Waals surface area contributed by atoms with Crippen LogP contribution in [0.1, 0.15) is 31.5 Å². The lowest BCUT2D eigenvalue weighted by atomic mass is 10.2. The quantitative estimate of drug-likeness (QED) is 0.676. The van der Waals surface area contributed by atoms with E-state index >= 15 is 0 Å². The van der Waals surface area contributed by atoms with Gasteiger partial charge in [-0.2, -0.15) is 0 Å². The predicted molar refractivity (Wildman–Crippen MR) is 58.2 cm³/mol. The van der Waals surface area contributed by atoms with Gasteiger partial charge in [0.25, 0.3) is 0 Å². The van der Waals surface area contributed by atoms with Crippen molar-refractivity contribution in [1.29, 1.82) is 0 Å². The average molecular weight is 193 g/mol. The van der Waals surface area contributed by atoms with Crippen LogP contribution in [0.25, 0.3) is 0 Å². The fraction of sp³-hybridized carbons (Fsp3) is 0.636. The third kappa shape index (κ3) is 2.36. The van der Waals surface area contributed by atoms with Crippen LogP contribution in [0.5, 0.6) is 0 Å². The molecule has 2 rings (SSSR count). The maximum Gasteiger partial charge on any atom is 0.0444 e. The lowest BCUT2D eigenvalue weighted by Gasteiger charge is -2.16. The molecule has 14 heavy (non-hydrogen) atoms. The van der Waals surface area contributed by atoms with Crippen molar-refractivity contribution >= 4 is 0 Å². The SMILES string of the molecule is CC(NCC1CCCN1)c1ccc[nH]1. The molecule has 1 aromatic rings. The molecule has 3 nitrogen and oxygen atoms in total. The molecule has 2 atom stereocenters. The Balaban J connectivity index is 1.74. The number of rotatable bonds is 4. The highest BCUT2D eigenvalue weighted by Gasteiger charge is 2.14. The zero-order valence-electron chi connectivity index (χ0n) is 8.72. The van der Waals surface area contributed by atoms with Crippen LogP contribution in [0, 0.1) is 0 Å². The number of aromatic nitrogens is 1. The minimum absolute atomic E-state index is 0.424. The van der Waals surface area contributed by atoms with Crippen LogP contribution in [0.4, 0.5) is 0 Å². The van der Waals surface area contributed by atoms with Gasteiger partial charge in [-0.1, -0.05) is 0 Å². The highest BCUT2D eigenvalue weighted by Crippen LogP contribution is 2.10. The summed E-state index contributed by atoms with van der Waals surface area (Å²) in [5, 5.41) is 7.02. The highest BCUT2D eigenvalue weighted by molar-refractivity contribution is 5.07. The van der Waals surface area contributed by atoms with E-state index in [1.807, 2.05) is 12.3 Å². The maximum absolute atomic E-state index is 3.53. The van der Waals surface area contributed by atoms with Gasteiger partial charge in [-0.25, -0.2) is 0 Å². The summed E-state index contributed by atoms with van der Waals surface area (Å²) in [4.78, 5) is 3.23. The fourth-order valence-electron chi connectivity index (χ4n) is 1.97. The van der Waals surface area contributed by atoms with Crippen molar-refractivity contribution in [3.63, 3.8) is 0 Å². The van der Waals surface area contributed by atoms with Crippen LogP contribution in [0.15, 0.2) is 18.3 Å². The molecule has 3 N–H and O–H groups in total. The molecular formula is C11H19N3. The second-order valence-electron chi connectivity index (χ2n) is 4.05. The second-order valence-corrected chi connectivity index (χ2v) is 4.05. The van der Waals surface area contributed by atoms with Gasteiger partial charge < -0.3 is 15.6 Å². The van der Waals surface area contributed by atoms with E-state index in [1.165, 1.54) is 25.1 Å². The van der Waals surface area contributed by atoms with Gasteiger partial charge in [-0.05, 0) is 38.4 Å². The van der Waals surface area contributed by atoms with Gasteiger partial charge in [0.1, 0.15) is 0 Å². The molecule has 0 amide bonds. The smallest absolute Gasteiger partial charge is 0.0444 e. The molecule has 2 unspecified atom stereocenters. The molecule has 0 aliphatic carbocycles. The van der Waals surface area contributed by atoms with Gasteiger partial charge >= 0.3 is 0 Å². The largest absolute Gasteiger partial charge is 0.364 e. The fourth-order valence-corrected chi connectivity index (χ4v) is 1.97. The lowest BCUT2D eigenvalue weighted by molar-refractivity contribution is 0.485. The summed E-state index contributed by atoms with van der Waals surface area (Å²) in [5.41, 5.74) is 1.27. The Morgan fingerprint density at radius 2 is 2.57 bits per heavy atom.